The van der Waals surface area contributed by atoms with Crippen molar-refractivity contribution in [2.75, 3.05) is 24.6 Å². The highest BCUT2D eigenvalue weighted by Gasteiger charge is 2.27. The number of rotatable bonds is 4. The van der Waals surface area contributed by atoms with E-state index in [1.165, 1.54) is 0 Å². The largest absolute Gasteiger partial charge is 0.462 e. The van der Waals surface area contributed by atoms with E-state index in [4.69, 9.17) is 10.5 Å². The van der Waals surface area contributed by atoms with E-state index >= 15 is 0 Å². The number of para-hydroxylation sites is 1. The molecule has 2 N–H and O–H groups in total. The normalized spacial score (nSPS) is 15.5. The van der Waals surface area contributed by atoms with Gasteiger partial charge in [-0.2, -0.15) is 0 Å². The molecular weight excluding hydrogens is 306 g/mol. The molecular formula is C18H21N3O3. The molecule has 1 aliphatic heterocycles. The van der Waals surface area contributed by atoms with Crippen molar-refractivity contribution in [1.29, 1.82) is 0 Å². The summed E-state index contributed by atoms with van der Waals surface area (Å²) in [6, 6.07) is 7.73. The van der Waals surface area contributed by atoms with Gasteiger partial charge in [0, 0.05) is 30.6 Å². The van der Waals surface area contributed by atoms with Crippen LogP contribution in [0.5, 0.6) is 0 Å². The van der Waals surface area contributed by atoms with Crippen molar-refractivity contribution < 1.29 is 14.3 Å². The average molecular weight is 327 g/mol. The minimum Gasteiger partial charge on any atom is -0.462 e. The molecule has 1 aromatic carbocycles. The number of hydrogen-bond acceptors (Lipinski definition) is 5. The summed E-state index contributed by atoms with van der Waals surface area (Å²) in [6.45, 7) is 3.45. The maximum atomic E-state index is 12.4. The van der Waals surface area contributed by atoms with Crippen LogP contribution in [-0.2, 0) is 9.53 Å². The lowest BCUT2D eigenvalue weighted by Gasteiger charge is -2.34. The lowest BCUT2D eigenvalue weighted by molar-refractivity contribution is -0.122. The molecule has 2 heterocycles. The fourth-order valence-electron chi connectivity index (χ4n) is 3.21. The summed E-state index contributed by atoms with van der Waals surface area (Å²) in [5.74, 6) is -0.719. The van der Waals surface area contributed by atoms with Gasteiger partial charge >= 0.3 is 5.97 Å². The summed E-state index contributed by atoms with van der Waals surface area (Å²) in [7, 11) is 0. The number of benzene rings is 1. The molecule has 3 rings (SSSR count). The molecule has 0 bridgehead atoms. The summed E-state index contributed by atoms with van der Waals surface area (Å²) >= 11 is 0. The van der Waals surface area contributed by atoms with Crippen LogP contribution in [0, 0.1) is 5.92 Å². The Morgan fingerprint density at radius 2 is 2.00 bits per heavy atom. The molecule has 0 atom stereocenters. The van der Waals surface area contributed by atoms with Gasteiger partial charge in [0.25, 0.3) is 0 Å². The van der Waals surface area contributed by atoms with Gasteiger partial charge in [0.1, 0.15) is 5.56 Å². The summed E-state index contributed by atoms with van der Waals surface area (Å²) in [5.41, 5.74) is 7.55. The van der Waals surface area contributed by atoms with Crippen LogP contribution in [0.3, 0.4) is 0 Å². The number of carbonyl (C=O) groups excluding carboxylic acids is 2. The maximum absolute atomic E-state index is 12.4. The van der Waals surface area contributed by atoms with Gasteiger partial charge in [0.2, 0.25) is 5.91 Å². The van der Waals surface area contributed by atoms with Gasteiger partial charge in [0.15, 0.2) is 0 Å². The van der Waals surface area contributed by atoms with Gasteiger partial charge < -0.3 is 15.4 Å². The van der Waals surface area contributed by atoms with Crippen molar-refractivity contribution in [2.24, 2.45) is 11.7 Å². The van der Waals surface area contributed by atoms with E-state index in [-0.39, 0.29) is 17.8 Å². The first-order valence-corrected chi connectivity index (χ1v) is 8.21. The van der Waals surface area contributed by atoms with Crippen LogP contribution < -0.4 is 10.6 Å². The molecule has 0 saturated carbocycles. The van der Waals surface area contributed by atoms with E-state index in [9.17, 15) is 9.59 Å². The highest BCUT2D eigenvalue weighted by molar-refractivity contribution is 6.05. The van der Waals surface area contributed by atoms with Crippen molar-refractivity contribution in [3.05, 3.63) is 36.0 Å². The first-order chi connectivity index (χ1) is 11.6. The van der Waals surface area contributed by atoms with Crippen LogP contribution in [0.1, 0.15) is 30.1 Å². The summed E-state index contributed by atoms with van der Waals surface area (Å²) < 4.78 is 5.19. The van der Waals surface area contributed by atoms with Gasteiger partial charge in [-0.25, -0.2) is 4.79 Å². The number of aromatic nitrogens is 1. The number of ether oxygens (including phenoxy) is 1. The molecule has 6 nitrogen and oxygen atoms in total. The number of nitrogens with two attached hydrogens (primary N) is 1. The van der Waals surface area contributed by atoms with Gasteiger partial charge in [-0.15, -0.1) is 0 Å². The van der Waals surface area contributed by atoms with Gasteiger partial charge in [-0.05, 0) is 25.8 Å². The standard InChI is InChI=1S/C18H21N3O3/c1-2-24-18(23)14-11-20-15-6-4-3-5-13(15)16(14)21-9-7-12(8-10-21)17(19)22/h3-6,11-12H,2,7-10H2,1H3,(H2,19,22). The number of piperidine rings is 1. The zero-order valence-electron chi connectivity index (χ0n) is 13.7. The SMILES string of the molecule is CCOC(=O)c1cnc2ccccc2c1N1CCC(C(N)=O)CC1. The van der Waals surface area contributed by atoms with Gasteiger partial charge in [-0.1, -0.05) is 18.2 Å². The second kappa shape index (κ2) is 6.86. The maximum Gasteiger partial charge on any atom is 0.341 e. The number of amides is 1. The predicted molar refractivity (Wildman–Crippen MR) is 91.8 cm³/mol. The second-order valence-electron chi connectivity index (χ2n) is 5.92. The Kier molecular flexibility index (Phi) is 4.64. The Morgan fingerprint density at radius 3 is 2.67 bits per heavy atom. The Labute approximate surface area is 140 Å². The zero-order valence-corrected chi connectivity index (χ0v) is 13.7. The average Bonchev–Trinajstić information content (AvgIpc) is 2.61. The van der Waals surface area contributed by atoms with Crippen molar-refractivity contribution in [2.45, 2.75) is 19.8 Å². The minimum atomic E-state index is -0.372. The second-order valence-corrected chi connectivity index (χ2v) is 5.92. The molecule has 1 saturated heterocycles. The first-order valence-electron chi connectivity index (χ1n) is 8.21. The third kappa shape index (κ3) is 3.04. The predicted octanol–water partition coefficient (Wildman–Crippen LogP) is 2.11. The van der Waals surface area contributed by atoms with Crippen LogP contribution in [0.25, 0.3) is 10.9 Å². The van der Waals surface area contributed by atoms with Crippen molar-refractivity contribution >= 4 is 28.5 Å². The molecule has 0 aliphatic carbocycles. The Bertz CT molecular complexity index is 767. The number of anilines is 1. The minimum absolute atomic E-state index is 0.0969. The van der Waals surface area contributed by atoms with Gasteiger partial charge in [-0.3, -0.25) is 9.78 Å². The number of primary amides is 1. The van der Waals surface area contributed by atoms with Crippen LogP contribution >= 0.6 is 0 Å². The lowest BCUT2D eigenvalue weighted by Crippen LogP contribution is -2.39. The monoisotopic (exact) mass is 327 g/mol. The summed E-state index contributed by atoms with van der Waals surface area (Å²) in [6.07, 6.45) is 2.96. The topological polar surface area (TPSA) is 85.5 Å². The number of nitrogens with zero attached hydrogens (tertiary/aromatic N) is 2. The van der Waals surface area contributed by atoms with Crippen molar-refractivity contribution in [1.82, 2.24) is 4.98 Å². The van der Waals surface area contributed by atoms with E-state index in [0.29, 0.717) is 38.1 Å². The van der Waals surface area contributed by atoms with Crippen LogP contribution in [0.15, 0.2) is 30.5 Å². The quantitative estimate of drug-likeness (QED) is 0.869. The molecule has 6 heteroatoms. The number of fused-ring (bicyclic) bond motifs is 1. The third-order valence-corrected chi connectivity index (χ3v) is 4.46. The Balaban J connectivity index is 2.02. The number of carbonyl (C=O) groups is 2. The number of esters is 1. The van der Waals surface area contributed by atoms with E-state index in [1.54, 1.807) is 13.1 Å². The molecule has 1 aliphatic rings. The molecule has 1 fully saturated rings. The summed E-state index contributed by atoms with van der Waals surface area (Å²) in [4.78, 5) is 30.3. The highest BCUT2D eigenvalue weighted by Crippen LogP contribution is 2.33. The molecule has 2 aromatic rings. The van der Waals surface area contributed by atoms with E-state index < -0.39 is 0 Å². The molecule has 1 aromatic heterocycles. The zero-order chi connectivity index (χ0) is 17.1. The number of pyridine rings is 1. The first kappa shape index (κ1) is 16.2. The van der Waals surface area contributed by atoms with Crippen LogP contribution in [-0.4, -0.2) is 36.6 Å². The molecule has 1 amide bonds. The van der Waals surface area contributed by atoms with Crippen LogP contribution in [0.2, 0.25) is 0 Å². The smallest absolute Gasteiger partial charge is 0.341 e. The number of hydrogen-bond donors (Lipinski definition) is 1. The van der Waals surface area contributed by atoms with E-state index in [1.807, 2.05) is 24.3 Å². The molecule has 0 spiro atoms. The van der Waals surface area contributed by atoms with E-state index in [0.717, 1.165) is 16.6 Å². The van der Waals surface area contributed by atoms with Gasteiger partial charge in [0.05, 0.1) is 17.8 Å². The Hall–Kier alpha value is -2.63. The molecule has 0 radical (unpaired) electrons. The van der Waals surface area contributed by atoms with Crippen molar-refractivity contribution in [3.63, 3.8) is 0 Å². The molecule has 0 unspecified atom stereocenters. The van der Waals surface area contributed by atoms with Crippen molar-refractivity contribution in [3.8, 4) is 0 Å². The fraction of sp³-hybridized carbons (Fsp3) is 0.389. The molecule has 24 heavy (non-hydrogen) atoms. The highest BCUT2D eigenvalue weighted by atomic mass is 16.5. The third-order valence-electron chi connectivity index (χ3n) is 4.46. The van der Waals surface area contributed by atoms with Crippen LogP contribution in [0.4, 0.5) is 5.69 Å². The Morgan fingerprint density at radius 1 is 1.29 bits per heavy atom. The summed E-state index contributed by atoms with van der Waals surface area (Å²) in [5, 5.41) is 0.917. The lowest BCUT2D eigenvalue weighted by atomic mass is 9.95. The fourth-order valence-corrected chi connectivity index (χ4v) is 3.21. The van der Waals surface area contributed by atoms with E-state index in [2.05, 4.69) is 9.88 Å². The molecule has 126 valence electrons.